The van der Waals surface area contributed by atoms with Crippen LogP contribution < -0.4 is 16.0 Å². The number of rotatable bonds is 6. The van der Waals surface area contributed by atoms with Gasteiger partial charge in [-0.15, -0.1) is 0 Å². The summed E-state index contributed by atoms with van der Waals surface area (Å²) in [6.45, 7) is 4.38. The summed E-state index contributed by atoms with van der Waals surface area (Å²) in [5.41, 5.74) is 2.69. The summed E-state index contributed by atoms with van der Waals surface area (Å²) in [5, 5.41) is 9.75. The Balaban J connectivity index is 1.50. The number of H-pyrrole nitrogens is 1. The van der Waals surface area contributed by atoms with Crippen molar-refractivity contribution in [3.63, 3.8) is 0 Å². The highest BCUT2D eigenvalue weighted by molar-refractivity contribution is 5.98. The molecule has 2 aliphatic heterocycles. The van der Waals surface area contributed by atoms with Gasteiger partial charge >= 0.3 is 0 Å². The Kier molecular flexibility index (Phi) is 8.19. The van der Waals surface area contributed by atoms with Crippen LogP contribution in [-0.4, -0.2) is 64.2 Å². The number of fused-ring (bicyclic) bond motifs is 2. The van der Waals surface area contributed by atoms with Gasteiger partial charge in [-0.3, -0.25) is 19.2 Å². The zero-order valence-electron chi connectivity index (χ0n) is 23.0. The molecule has 2 aliphatic rings. The summed E-state index contributed by atoms with van der Waals surface area (Å²) in [5.74, 6) is -1.32. The first kappa shape index (κ1) is 27.4. The molecule has 210 valence electrons. The predicted octanol–water partition coefficient (Wildman–Crippen LogP) is 2.46. The van der Waals surface area contributed by atoms with Crippen molar-refractivity contribution in [1.82, 2.24) is 25.8 Å². The average Bonchev–Trinajstić information content (AvgIpc) is 3.59. The Morgan fingerprint density at radius 1 is 0.800 bits per heavy atom. The van der Waals surface area contributed by atoms with Gasteiger partial charge in [0, 0.05) is 36.5 Å². The number of para-hydroxylation sites is 1. The lowest BCUT2D eigenvalue weighted by molar-refractivity contribution is -0.143. The lowest BCUT2D eigenvalue weighted by Crippen LogP contribution is -2.62. The molecule has 2 aromatic carbocycles. The van der Waals surface area contributed by atoms with Gasteiger partial charge in [-0.05, 0) is 42.4 Å². The largest absolute Gasteiger partial charge is 0.361 e. The van der Waals surface area contributed by atoms with Gasteiger partial charge in [0.2, 0.25) is 23.6 Å². The maximum absolute atomic E-state index is 13.9. The minimum absolute atomic E-state index is 0.126. The van der Waals surface area contributed by atoms with Gasteiger partial charge in [0.25, 0.3) is 0 Å². The number of carbonyl (C=O) groups excluding carboxylic acids is 4. The number of amides is 4. The quantitative estimate of drug-likeness (QED) is 0.381. The summed E-state index contributed by atoms with van der Waals surface area (Å²) >= 11 is 0. The van der Waals surface area contributed by atoms with Gasteiger partial charge in [-0.25, -0.2) is 0 Å². The Bertz CT molecular complexity index is 1380. The molecule has 4 N–H and O–H groups in total. The third kappa shape index (κ3) is 6.03. The first-order chi connectivity index (χ1) is 19.3. The smallest absolute Gasteiger partial charge is 0.246 e. The Labute approximate surface area is 234 Å². The van der Waals surface area contributed by atoms with E-state index in [0.717, 1.165) is 22.0 Å². The fraction of sp³-hybridized carbons (Fsp3) is 0.419. The molecule has 0 saturated carbocycles. The van der Waals surface area contributed by atoms with Gasteiger partial charge in [0.05, 0.1) is 0 Å². The molecule has 40 heavy (non-hydrogen) atoms. The summed E-state index contributed by atoms with van der Waals surface area (Å²) in [6, 6.07) is 13.9. The highest BCUT2D eigenvalue weighted by Gasteiger charge is 2.40. The van der Waals surface area contributed by atoms with Crippen LogP contribution in [0.25, 0.3) is 10.9 Å². The number of hydrogen-bond donors (Lipinski definition) is 4. The topological polar surface area (TPSA) is 123 Å². The molecular weight excluding hydrogens is 506 g/mol. The van der Waals surface area contributed by atoms with E-state index >= 15 is 0 Å². The SMILES string of the molecule is CC(C)C[C@@H]1NC(=O)[C@H]2CCCN2C(=O)[C@H](Cc2ccccc2)NC(=O)[C@@H](Cc2c[nH]c3ccccc23)NC1=O. The van der Waals surface area contributed by atoms with E-state index in [9.17, 15) is 19.2 Å². The summed E-state index contributed by atoms with van der Waals surface area (Å²) in [7, 11) is 0. The molecule has 3 heterocycles. The Morgan fingerprint density at radius 2 is 1.48 bits per heavy atom. The predicted molar refractivity (Wildman–Crippen MR) is 152 cm³/mol. The minimum Gasteiger partial charge on any atom is -0.361 e. The maximum Gasteiger partial charge on any atom is 0.246 e. The Morgan fingerprint density at radius 3 is 2.25 bits per heavy atom. The third-order valence-electron chi connectivity index (χ3n) is 7.81. The van der Waals surface area contributed by atoms with Gasteiger partial charge in [0.15, 0.2) is 0 Å². The fourth-order valence-electron chi connectivity index (χ4n) is 5.80. The van der Waals surface area contributed by atoms with Crippen LogP contribution >= 0.6 is 0 Å². The van der Waals surface area contributed by atoms with E-state index in [1.54, 1.807) is 4.90 Å². The fourth-order valence-corrected chi connectivity index (χ4v) is 5.80. The van der Waals surface area contributed by atoms with Crippen LogP contribution in [0.1, 0.15) is 44.2 Å². The van der Waals surface area contributed by atoms with E-state index in [0.29, 0.717) is 25.8 Å². The van der Waals surface area contributed by atoms with Crippen LogP contribution in [0, 0.1) is 5.92 Å². The van der Waals surface area contributed by atoms with Crippen LogP contribution in [0.5, 0.6) is 0 Å². The lowest BCUT2D eigenvalue weighted by atomic mass is 9.99. The molecule has 1 aromatic heterocycles. The molecule has 2 saturated heterocycles. The summed E-state index contributed by atoms with van der Waals surface area (Å²) in [4.78, 5) is 59.6. The average molecular weight is 544 g/mol. The Hall–Kier alpha value is -4.14. The van der Waals surface area contributed by atoms with E-state index in [1.165, 1.54) is 0 Å². The van der Waals surface area contributed by atoms with Crippen LogP contribution in [0.15, 0.2) is 60.8 Å². The number of aromatic nitrogens is 1. The second-order valence-electron chi connectivity index (χ2n) is 11.3. The molecule has 0 bridgehead atoms. The molecule has 4 atom stereocenters. The highest BCUT2D eigenvalue weighted by atomic mass is 16.2. The number of benzene rings is 2. The van der Waals surface area contributed by atoms with E-state index in [-0.39, 0.29) is 30.6 Å². The van der Waals surface area contributed by atoms with E-state index in [1.807, 2.05) is 74.6 Å². The van der Waals surface area contributed by atoms with E-state index in [2.05, 4.69) is 20.9 Å². The minimum atomic E-state index is -0.946. The first-order valence-electron chi connectivity index (χ1n) is 14.1. The van der Waals surface area contributed by atoms with Crippen LogP contribution in [0.4, 0.5) is 0 Å². The van der Waals surface area contributed by atoms with Crippen LogP contribution in [0.2, 0.25) is 0 Å². The van der Waals surface area contributed by atoms with Crippen molar-refractivity contribution in [3.8, 4) is 0 Å². The normalized spacial score (nSPS) is 24.2. The number of nitrogens with one attached hydrogen (secondary N) is 4. The summed E-state index contributed by atoms with van der Waals surface area (Å²) < 4.78 is 0. The maximum atomic E-state index is 13.9. The molecule has 0 radical (unpaired) electrons. The molecule has 0 unspecified atom stereocenters. The first-order valence-corrected chi connectivity index (χ1v) is 14.1. The molecular formula is C31H37N5O4. The third-order valence-corrected chi connectivity index (χ3v) is 7.81. The van der Waals surface area contributed by atoms with Crippen molar-refractivity contribution < 1.29 is 19.2 Å². The molecule has 5 rings (SSSR count). The second kappa shape index (κ2) is 11.9. The molecule has 9 nitrogen and oxygen atoms in total. The number of aromatic amines is 1. The van der Waals surface area contributed by atoms with Gasteiger partial charge in [-0.2, -0.15) is 0 Å². The number of nitrogens with zero attached hydrogens (tertiary/aromatic N) is 1. The van der Waals surface area contributed by atoms with Gasteiger partial charge < -0.3 is 25.8 Å². The monoisotopic (exact) mass is 543 g/mol. The van der Waals surface area contributed by atoms with Crippen molar-refractivity contribution in [3.05, 3.63) is 71.9 Å². The molecule has 0 spiro atoms. The zero-order chi connectivity index (χ0) is 28.2. The van der Waals surface area contributed by atoms with Crippen LogP contribution in [-0.2, 0) is 32.0 Å². The summed E-state index contributed by atoms with van der Waals surface area (Å²) in [6.07, 6.45) is 3.96. The van der Waals surface area contributed by atoms with Crippen molar-refractivity contribution in [2.45, 2.75) is 70.1 Å². The standard InChI is InChI=1S/C31H37N5O4/c1-19(2)15-24-28(37)33-25(17-21-18-32-23-12-7-6-11-22(21)23)29(38)35-26(16-20-9-4-3-5-10-20)31(40)36-14-8-13-27(36)30(39)34-24/h3-7,9-12,18-19,24-27,32H,8,13-17H2,1-2H3,(H,33,37)(H,34,39)(H,35,38)/t24-,25+,26-,27+/m0/s1. The molecule has 9 heteroatoms. The van der Waals surface area contributed by atoms with E-state index < -0.39 is 36.0 Å². The molecule has 2 fully saturated rings. The molecule has 3 aromatic rings. The van der Waals surface area contributed by atoms with Crippen molar-refractivity contribution in [1.29, 1.82) is 0 Å². The van der Waals surface area contributed by atoms with Crippen molar-refractivity contribution >= 4 is 34.5 Å². The van der Waals surface area contributed by atoms with Crippen molar-refractivity contribution in [2.75, 3.05) is 6.54 Å². The second-order valence-corrected chi connectivity index (χ2v) is 11.3. The van der Waals surface area contributed by atoms with Crippen molar-refractivity contribution in [2.24, 2.45) is 5.92 Å². The number of hydrogen-bond acceptors (Lipinski definition) is 4. The van der Waals surface area contributed by atoms with Gasteiger partial charge in [-0.1, -0.05) is 62.4 Å². The highest BCUT2D eigenvalue weighted by Crippen LogP contribution is 2.22. The zero-order valence-corrected chi connectivity index (χ0v) is 23.0. The molecule has 0 aliphatic carbocycles. The molecule has 4 amide bonds. The lowest BCUT2D eigenvalue weighted by Gasteiger charge is -2.32. The van der Waals surface area contributed by atoms with Gasteiger partial charge in [0.1, 0.15) is 24.2 Å². The van der Waals surface area contributed by atoms with Crippen LogP contribution in [0.3, 0.4) is 0 Å². The van der Waals surface area contributed by atoms with E-state index in [4.69, 9.17) is 0 Å². The number of carbonyl (C=O) groups is 4.